The Balaban J connectivity index is 1.22. The lowest BCUT2D eigenvalue weighted by molar-refractivity contribution is -0.119. The second-order valence-corrected chi connectivity index (χ2v) is 10.6. The van der Waals surface area contributed by atoms with Gasteiger partial charge in [0.1, 0.15) is 11.4 Å². The van der Waals surface area contributed by atoms with Crippen molar-refractivity contribution in [3.05, 3.63) is 80.1 Å². The molecule has 0 unspecified atom stereocenters. The van der Waals surface area contributed by atoms with Crippen molar-refractivity contribution in [2.45, 2.75) is 33.2 Å². The molecule has 5 rings (SSSR count). The van der Waals surface area contributed by atoms with E-state index < -0.39 is 0 Å². The fourth-order valence-electron chi connectivity index (χ4n) is 4.72. The normalized spacial score (nSPS) is 13.6. The lowest BCUT2D eigenvalue weighted by atomic mass is 10.1. The molecular weight excluding hydrogens is 555 g/mol. The highest BCUT2D eigenvalue weighted by molar-refractivity contribution is 6.42. The molecule has 0 saturated carbocycles. The summed E-state index contributed by atoms with van der Waals surface area (Å²) in [7, 11) is 0. The number of benzene rings is 2. The van der Waals surface area contributed by atoms with Crippen LogP contribution in [0, 0.1) is 13.8 Å². The van der Waals surface area contributed by atoms with Crippen LogP contribution in [0.15, 0.2) is 52.0 Å². The summed E-state index contributed by atoms with van der Waals surface area (Å²) in [4.78, 5) is 46.9. The molecule has 3 heterocycles. The third-order valence-corrected chi connectivity index (χ3v) is 7.77. The topological polar surface area (TPSA) is 114 Å². The molecule has 12 heteroatoms. The van der Waals surface area contributed by atoms with Crippen molar-refractivity contribution >= 4 is 57.3 Å². The zero-order valence-electron chi connectivity index (χ0n) is 22.1. The Bertz CT molecular complexity index is 1620. The summed E-state index contributed by atoms with van der Waals surface area (Å²) < 4.78 is 6.47. The van der Waals surface area contributed by atoms with E-state index in [-0.39, 0.29) is 30.3 Å². The van der Waals surface area contributed by atoms with Gasteiger partial charge in [0.15, 0.2) is 11.5 Å². The van der Waals surface area contributed by atoms with E-state index in [1.807, 2.05) is 12.1 Å². The number of hydrogen-bond acceptors (Lipinski definition) is 7. The number of ketones is 1. The Labute approximate surface area is 240 Å². The summed E-state index contributed by atoms with van der Waals surface area (Å²) >= 11 is 12.0. The molecule has 1 N–H and O–H groups in total. The molecule has 40 heavy (non-hydrogen) atoms. The summed E-state index contributed by atoms with van der Waals surface area (Å²) in [5, 5.41) is 8.10. The van der Waals surface area contributed by atoms with Crippen molar-refractivity contribution < 1.29 is 14.1 Å². The van der Waals surface area contributed by atoms with Crippen molar-refractivity contribution in [1.29, 1.82) is 0 Å². The van der Waals surface area contributed by atoms with Crippen LogP contribution >= 0.6 is 23.2 Å². The molecule has 2 aromatic carbocycles. The molecule has 0 aliphatic carbocycles. The van der Waals surface area contributed by atoms with Gasteiger partial charge in [-0.1, -0.05) is 34.4 Å². The standard InChI is InChI=1S/C28H28Cl2N6O4/c1-17-26(18(2)40-33-17)32-28(39)35-11-9-34(10-12-35)20-5-8-25-22(14-20)27(38)36(16-31-25)15-21(37)6-3-19-4-7-23(29)24(30)13-19/h4-5,7-8,13-14,16H,3,6,9-12,15H2,1-2H3,(H,32,39). The van der Waals surface area contributed by atoms with Gasteiger partial charge < -0.3 is 19.6 Å². The highest BCUT2D eigenvalue weighted by atomic mass is 35.5. The first-order valence-corrected chi connectivity index (χ1v) is 13.6. The molecule has 1 aliphatic rings. The van der Waals surface area contributed by atoms with Crippen LogP contribution in [-0.4, -0.2) is 57.6 Å². The SMILES string of the molecule is Cc1noc(C)c1NC(=O)N1CCN(c2ccc3ncn(CC(=O)CCc4ccc(Cl)c(Cl)c4)c(=O)c3c2)CC1. The van der Waals surface area contributed by atoms with E-state index in [1.54, 1.807) is 43.0 Å². The molecule has 0 spiro atoms. The van der Waals surface area contributed by atoms with Gasteiger partial charge in [-0.05, 0) is 56.2 Å². The number of nitrogens with zero attached hydrogens (tertiary/aromatic N) is 5. The van der Waals surface area contributed by atoms with E-state index in [0.717, 1.165) is 11.3 Å². The fraction of sp³-hybridized carbons (Fsp3) is 0.321. The van der Waals surface area contributed by atoms with Gasteiger partial charge in [0.05, 0.1) is 33.8 Å². The molecule has 0 bridgehead atoms. The summed E-state index contributed by atoms with van der Waals surface area (Å²) in [5.41, 5.74) is 3.28. The number of aromatic nitrogens is 3. The van der Waals surface area contributed by atoms with Crippen molar-refractivity contribution in [1.82, 2.24) is 19.6 Å². The molecular formula is C28H28Cl2N6O4. The number of anilines is 2. The lowest BCUT2D eigenvalue weighted by Gasteiger charge is -2.36. The van der Waals surface area contributed by atoms with Crippen LogP contribution in [0.4, 0.5) is 16.2 Å². The zero-order valence-corrected chi connectivity index (χ0v) is 23.6. The van der Waals surface area contributed by atoms with Gasteiger partial charge in [-0.2, -0.15) is 0 Å². The van der Waals surface area contributed by atoms with Crippen molar-refractivity contribution in [2.24, 2.45) is 0 Å². The van der Waals surface area contributed by atoms with Crippen molar-refractivity contribution in [2.75, 3.05) is 36.4 Å². The quantitative estimate of drug-likeness (QED) is 0.331. The van der Waals surface area contributed by atoms with Crippen LogP contribution in [0.1, 0.15) is 23.4 Å². The van der Waals surface area contributed by atoms with E-state index >= 15 is 0 Å². The molecule has 208 valence electrons. The van der Waals surface area contributed by atoms with Gasteiger partial charge in [0.2, 0.25) is 0 Å². The lowest BCUT2D eigenvalue weighted by Crippen LogP contribution is -2.50. The highest BCUT2D eigenvalue weighted by Crippen LogP contribution is 2.24. The molecule has 0 atom stereocenters. The van der Waals surface area contributed by atoms with E-state index in [4.69, 9.17) is 27.7 Å². The minimum Gasteiger partial charge on any atom is -0.368 e. The average molecular weight is 583 g/mol. The third-order valence-electron chi connectivity index (χ3n) is 7.03. The maximum absolute atomic E-state index is 13.2. The number of Topliss-reactive ketones (excluding diaryl/α,β-unsaturated/α-hetero) is 1. The van der Waals surface area contributed by atoms with Crippen LogP contribution in [0.25, 0.3) is 10.9 Å². The number of halogens is 2. The second-order valence-electron chi connectivity index (χ2n) is 9.77. The number of piperazine rings is 1. The van der Waals surface area contributed by atoms with Gasteiger partial charge in [-0.3, -0.25) is 14.2 Å². The van der Waals surface area contributed by atoms with Crippen LogP contribution < -0.4 is 15.8 Å². The maximum Gasteiger partial charge on any atom is 0.322 e. The molecule has 2 amide bonds. The first kappa shape index (κ1) is 27.7. The molecule has 2 aromatic heterocycles. The minimum absolute atomic E-state index is 0.0633. The number of carbonyl (C=O) groups is 2. The summed E-state index contributed by atoms with van der Waals surface area (Å²) in [6, 6.07) is 10.6. The number of nitrogens with one attached hydrogen (secondary N) is 1. The summed E-state index contributed by atoms with van der Waals surface area (Å²) in [5.74, 6) is 0.476. The van der Waals surface area contributed by atoms with Gasteiger partial charge in [-0.25, -0.2) is 9.78 Å². The number of rotatable bonds is 7. The van der Waals surface area contributed by atoms with Gasteiger partial charge in [0, 0.05) is 38.3 Å². The highest BCUT2D eigenvalue weighted by Gasteiger charge is 2.23. The Morgan fingerprint density at radius 1 is 1.02 bits per heavy atom. The van der Waals surface area contributed by atoms with Gasteiger partial charge in [-0.15, -0.1) is 0 Å². The van der Waals surface area contributed by atoms with Crippen LogP contribution in [0.2, 0.25) is 10.0 Å². The second kappa shape index (κ2) is 11.7. The summed E-state index contributed by atoms with van der Waals surface area (Å²) in [6.45, 7) is 5.69. The summed E-state index contributed by atoms with van der Waals surface area (Å²) in [6.07, 6.45) is 2.17. The Morgan fingerprint density at radius 3 is 2.50 bits per heavy atom. The smallest absolute Gasteiger partial charge is 0.322 e. The molecule has 4 aromatic rings. The molecule has 1 saturated heterocycles. The monoisotopic (exact) mass is 582 g/mol. The molecule has 0 radical (unpaired) electrons. The number of urea groups is 1. The predicted octanol–water partition coefficient (Wildman–Crippen LogP) is 4.86. The molecule has 10 nitrogen and oxygen atoms in total. The Kier molecular flexibility index (Phi) is 8.09. The third kappa shape index (κ3) is 5.97. The number of fused-ring (bicyclic) bond motifs is 1. The van der Waals surface area contributed by atoms with Crippen molar-refractivity contribution in [3.63, 3.8) is 0 Å². The van der Waals surface area contributed by atoms with Gasteiger partial charge >= 0.3 is 6.03 Å². The average Bonchev–Trinajstić information content (AvgIpc) is 3.27. The van der Waals surface area contributed by atoms with E-state index in [2.05, 4.69) is 20.4 Å². The molecule has 1 aliphatic heterocycles. The van der Waals surface area contributed by atoms with Crippen LogP contribution in [0.3, 0.4) is 0 Å². The fourth-order valence-corrected chi connectivity index (χ4v) is 5.04. The predicted molar refractivity (Wildman–Crippen MR) is 155 cm³/mol. The largest absolute Gasteiger partial charge is 0.368 e. The van der Waals surface area contributed by atoms with E-state index in [0.29, 0.717) is 70.7 Å². The minimum atomic E-state index is -0.271. The zero-order chi connectivity index (χ0) is 28.4. The van der Waals surface area contributed by atoms with E-state index in [1.165, 1.54) is 10.9 Å². The molecule has 1 fully saturated rings. The number of amides is 2. The Hall–Kier alpha value is -3.89. The first-order valence-electron chi connectivity index (χ1n) is 12.9. The van der Waals surface area contributed by atoms with Crippen LogP contribution in [0.5, 0.6) is 0 Å². The number of hydrogen-bond donors (Lipinski definition) is 1. The number of aryl methyl sites for hydroxylation is 3. The van der Waals surface area contributed by atoms with Crippen LogP contribution in [-0.2, 0) is 17.8 Å². The Morgan fingerprint density at radius 2 is 1.80 bits per heavy atom. The number of carbonyl (C=O) groups excluding carboxylic acids is 2. The first-order chi connectivity index (χ1) is 19.2. The van der Waals surface area contributed by atoms with Gasteiger partial charge in [0.25, 0.3) is 5.56 Å². The van der Waals surface area contributed by atoms with E-state index in [9.17, 15) is 14.4 Å². The maximum atomic E-state index is 13.2. The van der Waals surface area contributed by atoms with Crippen molar-refractivity contribution in [3.8, 4) is 0 Å².